The summed E-state index contributed by atoms with van der Waals surface area (Å²) in [6.45, 7) is 0.0746. The zero-order valence-corrected chi connectivity index (χ0v) is 14.9. The third-order valence-corrected chi connectivity index (χ3v) is 4.79. The Balaban J connectivity index is 1.44. The van der Waals surface area contributed by atoms with Crippen LogP contribution in [0.1, 0.15) is 15.9 Å². The lowest BCUT2D eigenvalue weighted by molar-refractivity contribution is -0.149. The highest BCUT2D eigenvalue weighted by atomic mass is 35.5. The summed E-state index contributed by atoms with van der Waals surface area (Å²) in [5.74, 6) is -3.63. The monoisotopic (exact) mass is 382 g/mol. The molecule has 1 aromatic heterocycles. The molecule has 0 spiro atoms. The number of para-hydroxylation sites is 1. The van der Waals surface area contributed by atoms with E-state index in [1.807, 2.05) is 30.5 Å². The Morgan fingerprint density at radius 3 is 2.81 bits per heavy atom. The highest BCUT2D eigenvalue weighted by molar-refractivity contribution is 6.33. The maximum absolute atomic E-state index is 12.5. The Kier molecular flexibility index (Phi) is 4.41. The van der Waals surface area contributed by atoms with Crippen molar-refractivity contribution in [2.45, 2.75) is 6.42 Å². The summed E-state index contributed by atoms with van der Waals surface area (Å²) in [6, 6.07) is 12.3. The molecule has 136 valence electrons. The molecule has 0 aliphatic carbocycles. The summed E-state index contributed by atoms with van der Waals surface area (Å²) >= 11 is 5.87. The number of aromatic amines is 1. The zero-order valence-electron chi connectivity index (χ0n) is 14.1. The number of benzene rings is 2. The number of halogens is 1. The van der Waals surface area contributed by atoms with Crippen LogP contribution < -0.4 is 5.32 Å². The number of ether oxygens (including phenoxy) is 1. The number of rotatable bonds is 4. The van der Waals surface area contributed by atoms with Crippen molar-refractivity contribution in [1.29, 1.82) is 0 Å². The molecule has 0 saturated heterocycles. The number of Topliss-reactive ketones (excluding diaryl/α,β-unsaturated/α-hetero) is 1. The molecule has 3 aromatic rings. The lowest BCUT2D eigenvalue weighted by atomic mass is 9.92. The first-order chi connectivity index (χ1) is 13.0. The number of carbonyl (C=O) groups is 3. The Morgan fingerprint density at radius 1 is 1.15 bits per heavy atom. The second kappa shape index (κ2) is 6.89. The van der Waals surface area contributed by atoms with E-state index < -0.39 is 23.6 Å². The number of anilines is 1. The second-order valence-electron chi connectivity index (χ2n) is 6.25. The van der Waals surface area contributed by atoms with Crippen LogP contribution in [-0.2, 0) is 20.7 Å². The van der Waals surface area contributed by atoms with Crippen LogP contribution in [0.25, 0.3) is 10.9 Å². The molecule has 6 nitrogen and oxygen atoms in total. The van der Waals surface area contributed by atoms with Crippen molar-refractivity contribution in [3.8, 4) is 0 Å². The Labute approximate surface area is 159 Å². The highest BCUT2D eigenvalue weighted by Gasteiger charge is 2.41. The number of esters is 1. The van der Waals surface area contributed by atoms with Crippen molar-refractivity contribution >= 4 is 45.9 Å². The van der Waals surface area contributed by atoms with Gasteiger partial charge in [0.25, 0.3) is 0 Å². The minimum absolute atomic E-state index is 0.0746. The molecular weight excluding hydrogens is 368 g/mol. The first-order valence-corrected chi connectivity index (χ1v) is 8.78. The van der Waals surface area contributed by atoms with E-state index in [0.29, 0.717) is 17.1 Å². The standard InChI is InChI=1S/C20H15ClN2O4/c21-12-5-6-14-16(9-12)23-19(25)17(18(14)24)20(26)27-8-7-11-10-22-15-4-2-1-3-13(11)15/h1-6,9-10,17,22H,7-8H2,(H,23,25). The molecule has 0 saturated carbocycles. The Bertz CT molecular complexity index is 1070. The van der Waals surface area contributed by atoms with Crippen molar-refractivity contribution in [2.24, 2.45) is 5.92 Å². The van der Waals surface area contributed by atoms with Crippen molar-refractivity contribution in [1.82, 2.24) is 4.98 Å². The van der Waals surface area contributed by atoms with Gasteiger partial charge in [0.15, 0.2) is 11.7 Å². The lowest BCUT2D eigenvalue weighted by Gasteiger charge is -2.22. The normalized spacial score (nSPS) is 16.1. The van der Waals surface area contributed by atoms with Gasteiger partial charge in [-0.05, 0) is 29.8 Å². The van der Waals surface area contributed by atoms with Crippen molar-refractivity contribution < 1.29 is 19.1 Å². The minimum atomic E-state index is -1.50. The fourth-order valence-electron chi connectivity index (χ4n) is 3.21. The van der Waals surface area contributed by atoms with E-state index in [2.05, 4.69) is 10.3 Å². The minimum Gasteiger partial charge on any atom is -0.464 e. The van der Waals surface area contributed by atoms with Gasteiger partial charge in [-0.3, -0.25) is 14.4 Å². The predicted octanol–water partition coefficient (Wildman–Crippen LogP) is 3.36. The number of amides is 1. The largest absolute Gasteiger partial charge is 0.464 e. The number of aromatic nitrogens is 1. The maximum atomic E-state index is 12.5. The fourth-order valence-corrected chi connectivity index (χ4v) is 3.38. The molecule has 1 aliphatic rings. The lowest BCUT2D eigenvalue weighted by Crippen LogP contribution is -2.41. The van der Waals surface area contributed by atoms with E-state index >= 15 is 0 Å². The smallest absolute Gasteiger partial charge is 0.326 e. The number of hydrogen-bond acceptors (Lipinski definition) is 4. The number of fused-ring (bicyclic) bond motifs is 2. The molecule has 27 heavy (non-hydrogen) atoms. The van der Waals surface area contributed by atoms with Gasteiger partial charge in [0.2, 0.25) is 5.91 Å². The van der Waals surface area contributed by atoms with E-state index in [4.69, 9.17) is 16.3 Å². The third kappa shape index (κ3) is 3.19. The number of hydrogen-bond donors (Lipinski definition) is 2. The van der Waals surface area contributed by atoms with Gasteiger partial charge in [-0.15, -0.1) is 0 Å². The van der Waals surface area contributed by atoms with Crippen molar-refractivity contribution in [3.63, 3.8) is 0 Å². The van der Waals surface area contributed by atoms with Gasteiger partial charge in [0.1, 0.15) is 0 Å². The average molecular weight is 383 g/mol. The van der Waals surface area contributed by atoms with E-state index in [1.165, 1.54) is 18.2 Å². The molecule has 1 unspecified atom stereocenters. The summed E-state index contributed by atoms with van der Waals surface area (Å²) in [5, 5.41) is 3.98. The molecule has 2 N–H and O–H groups in total. The summed E-state index contributed by atoms with van der Waals surface area (Å²) in [4.78, 5) is 40.2. The van der Waals surface area contributed by atoms with Crippen LogP contribution in [0.2, 0.25) is 5.02 Å². The van der Waals surface area contributed by atoms with Gasteiger partial charge >= 0.3 is 5.97 Å². The van der Waals surface area contributed by atoms with E-state index in [1.54, 1.807) is 0 Å². The van der Waals surface area contributed by atoms with Gasteiger partial charge in [0.05, 0.1) is 12.3 Å². The van der Waals surface area contributed by atoms with Crippen LogP contribution in [0.15, 0.2) is 48.7 Å². The molecule has 7 heteroatoms. The SMILES string of the molecule is O=C1Nc2cc(Cl)ccc2C(=O)C1C(=O)OCCc1c[nH]c2ccccc12. The van der Waals surface area contributed by atoms with Crippen molar-refractivity contribution in [2.75, 3.05) is 11.9 Å². The van der Waals surface area contributed by atoms with E-state index in [-0.39, 0.29) is 12.2 Å². The zero-order chi connectivity index (χ0) is 19.0. The number of ketones is 1. The van der Waals surface area contributed by atoms with Crippen LogP contribution in [0, 0.1) is 5.92 Å². The molecular formula is C20H15ClN2O4. The number of nitrogens with one attached hydrogen (secondary N) is 2. The van der Waals surface area contributed by atoms with Crippen molar-refractivity contribution in [3.05, 3.63) is 64.8 Å². The summed E-state index contributed by atoms with van der Waals surface area (Å²) in [6.07, 6.45) is 2.33. The Hall–Kier alpha value is -3.12. The second-order valence-corrected chi connectivity index (χ2v) is 6.69. The maximum Gasteiger partial charge on any atom is 0.326 e. The van der Waals surface area contributed by atoms with Gasteiger partial charge in [0, 0.05) is 34.1 Å². The van der Waals surface area contributed by atoms with Crippen LogP contribution >= 0.6 is 11.6 Å². The third-order valence-electron chi connectivity index (χ3n) is 4.56. The predicted molar refractivity (Wildman–Crippen MR) is 101 cm³/mol. The van der Waals surface area contributed by atoms with Crippen LogP contribution in [0.3, 0.4) is 0 Å². The molecule has 0 radical (unpaired) electrons. The Morgan fingerprint density at radius 2 is 1.96 bits per heavy atom. The molecule has 1 aliphatic heterocycles. The van der Waals surface area contributed by atoms with Gasteiger partial charge < -0.3 is 15.0 Å². The highest BCUT2D eigenvalue weighted by Crippen LogP contribution is 2.29. The fraction of sp³-hybridized carbons (Fsp3) is 0.150. The molecule has 1 amide bonds. The molecule has 0 bridgehead atoms. The number of carbonyl (C=O) groups excluding carboxylic acids is 3. The topological polar surface area (TPSA) is 88.3 Å². The summed E-state index contributed by atoms with van der Waals surface area (Å²) < 4.78 is 5.22. The van der Waals surface area contributed by atoms with Crippen LogP contribution in [-0.4, -0.2) is 29.3 Å². The first-order valence-electron chi connectivity index (χ1n) is 8.41. The van der Waals surface area contributed by atoms with E-state index in [9.17, 15) is 14.4 Å². The molecule has 4 rings (SSSR count). The van der Waals surface area contributed by atoms with Gasteiger partial charge in [-0.25, -0.2) is 0 Å². The first kappa shape index (κ1) is 17.3. The van der Waals surface area contributed by atoms with E-state index in [0.717, 1.165) is 16.5 Å². The average Bonchev–Trinajstić information content (AvgIpc) is 3.04. The van der Waals surface area contributed by atoms with Crippen LogP contribution in [0.4, 0.5) is 5.69 Å². The van der Waals surface area contributed by atoms with Gasteiger partial charge in [-0.2, -0.15) is 0 Å². The summed E-state index contributed by atoms with van der Waals surface area (Å²) in [7, 11) is 0. The molecule has 2 aromatic carbocycles. The quantitative estimate of drug-likeness (QED) is 0.535. The molecule has 0 fully saturated rings. The number of H-pyrrole nitrogens is 1. The molecule has 1 atom stereocenters. The summed E-state index contributed by atoms with van der Waals surface area (Å²) in [5.41, 5.74) is 2.55. The molecule has 2 heterocycles. The van der Waals surface area contributed by atoms with Gasteiger partial charge in [-0.1, -0.05) is 29.8 Å². The van der Waals surface area contributed by atoms with Crippen LogP contribution in [0.5, 0.6) is 0 Å².